The first-order valence-electron chi connectivity index (χ1n) is 8.03. The number of nitrogens with one attached hydrogen (secondary N) is 3. The van der Waals surface area contributed by atoms with Gasteiger partial charge in [-0.25, -0.2) is 4.98 Å². The van der Waals surface area contributed by atoms with Gasteiger partial charge in [-0.2, -0.15) is 0 Å². The Hall–Kier alpha value is -2.64. The monoisotopic (exact) mass is 354 g/mol. The van der Waals surface area contributed by atoms with Gasteiger partial charge in [0.2, 0.25) is 0 Å². The number of nitrogens with zero attached hydrogens (tertiary/aromatic N) is 1. The van der Waals surface area contributed by atoms with Crippen molar-refractivity contribution >= 4 is 38.5 Å². The van der Waals surface area contributed by atoms with Gasteiger partial charge in [0.15, 0.2) is 0 Å². The summed E-state index contributed by atoms with van der Waals surface area (Å²) < 4.78 is 6.15. The molecule has 0 aliphatic carbocycles. The average molecular weight is 354 g/mol. The van der Waals surface area contributed by atoms with Gasteiger partial charge in [-0.1, -0.05) is 0 Å². The van der Waals surface area contributed by atoms with Crippen molar-refractivity contribution in [3.05, 3.63) is 52.8 Å². The van der Waals surface area contributed by atoms with Crippen molar-refractivity contribution in [2.75, 3.05) is 20.3 Å². The van der Waals surface area contributed by atoms with Crippen LogP contribution in [0.2, 0.25) is 0 Å². The van der Waals surface area contributed by atoms with E-state index >= 15 is 0 Å². The van der Waals surface area contributed by atoms with Crippen molar-refractivity contribution in [3.8, 4) is 0 Å². The predicted octanol–water partition coefficient (Wildman–Crippen LogP) is 3.07. The summed E-state index contributed by atoms with van der Waals surface area (Å²) in [6, 6.07) is 5.73. The number of ether oxygens (including phenoxy) is 1. The summed E-state index contributed by atoms with van der Waals surface area (Å²) in [7, 11) is 1.62. The van der Waals surface area contributed by atoms with Gasteiger partial charge >= 0.3 is 0 Å². The van der Waals surface area contributed by atoms with E-state index in [4.69, 9.17) is 4.74 Å². The lowest BCUT2D eigenvalue weighted by atomic mass is 10.0. The van der Waals surface area contributed by atoms with Gasteiger partial charge in [0.05, 0.1) is 16.8 Å². The van der Waals surface area contributed by atoms with Gasteiger partial charge in [-0.05, 0) is 29.3 Å². The summed E-state index contributed by atoms with van der Waals surface area (Å²) in [4.78, 5) is 23.0. The second kappa shape index (κ2) is 6.70. The average Bonchev–Trinajstić information content (AvgIpc) is 3.32. The van der Waals surface area contributed by atoms with E-state index in [1.165, 1.54) is 10.3 Å². The van der Waals surface area contributed by atoms with Gasteiger partial charge in [-0.15, -0.1) is 11.3 Å². The summed E-state index contributed by atoms with van der Waals surface area (Å²) in [5.74, 6) is -0.0856. The minimum Gasteiger partial charge on any atom is -0.383 e. The highest BCUT2D eigenvalue weighted by molar-refractivity contribution is 7.16. The normalized spacial score (nSPS) is 11.4. The molecule has 0 spiro atoms. The molecule has 0 aliphatic heterocycles. The van der Waals surface area contributed by atoms with E-state index in [9.17, 15) is 4.79 Å². The molecule has 6 nitrogen and oxygen atoms in total. The molecule has 0 atom stereocenters. The zero-order valence-electron chi connectivity index (χ0n) is 13.8. The predicted molar refractivity (Wildman–Crippen MR) is 99.3 cm³/mol. The molecule has 7 heteroatoms. The van der Waals surface area contributed by atoms with Crippen molar-refractivity contribution in [1.29, 1.82) is 0 Å². The molecule has 0 saturated heterocycles. The third kappa shape index (κ3) is 3.04. The highest BCUT2D eigenvalue weighted by atomic mass is 32.1. The first-order chi connectivity index (χ1) is 12.3. The number of benzene rings is 1. The number of carbonyl (C=O) groups excluding carboxylic acids is 1. The number of hydrogen-bond donors (Lipinski definition) is 3. The van der Waals surface area contributed by atoms with E-state index in [0.717, 1.165) is 28.5 Å². The fourth-order valence-electron chi connectivity index (χ4n) is 2.97. The Labute approximate surface area is 148 Å². The Morgan fingerprint density at radius 3 is 3.04 bits per heavy atom. The third-order valence-corrected chi connectivity index (χ3v) is 5.15. The zero-order chi connectivity index (χ0) is 17.2. The molecule has 3 aromatic heterocycles. The second-order valence-electron chi connectivity index (χ2n) is 5.84. The van der Waals surface area contributed by atoms with Gasteiger partial charge in [0.1, 0.15) is 5.65 Å². The number of aromatic amines is 2. The van der Waals surface area contributed by atoms with E-state index in [1.807, 2.05) is 36.1 Å². The summed E-state index contributed by atoms with van der Waals surface area (Å²) >= 11 is 1.64. The molecule has 128 valence electrons. The van der Waals surface area contributed by atoms with Crippen molar-refractivity contribution in [3.63, 3.8) is 0 Å². The molecule has 0 fully saturated rings. The number of methoxy groups -OCH3 is 1. The van der Waals surface area contributed by atoms with Crippen LogP contribution < -0.4 is 5.32 Å². The molecule has 0 aliphatic rings. The first-order valence-corrected chi connectivity index (χ1v) is 8.91. The second-order valence-corrected chi connectivity index (χ2v) is 6.70. The van der Waals surface area contributed by atoms with Crippen molar-refractivity contribution in [1.82, 2.24) is 20.3 Å². The quantitative estimate of drug-likeness (QED) is 0.465. The van der Waals surface area contributed by atoms with Crippen molar-refractivity contribution in [2.45, 2.75) is 6.42 Å². The molecule has 25 heavy (non-hydrogen) atoms. The minimum atomic E-state index is -0.0856. The largest absolute Gasteiger partial charge is 0.383 e. The molecular formula is C18H18N4O2S. The Morgan fingerprint density at radius 2 is 2.16 bits per heavy atom. The molecule has 0 bridgehead atoms. The van der Waals surface area contributed by atoms with Crippen LogP contribution in [-0.4, -0.2) is 41.1 Å². The molecule has 0 radical (unpaired) electrons. The molecule has 0 unspecified atom stereocenters. The molecular weight excluding hydrogens is 336 g/mol. The van der Waals surface area contributed by atoms with E-state index in [1.54, 1.807) is 18.4 Å². The van der Waals surface area contributed by atoms with Gasteiger partial charge in [0, 0.05) is 48.9 Å². The Kier molecular flexibility index (Phi) is 4.25. The lowest BCUT2D eigenvalue weighted by molar-refractivity contribution is 0.0937. The molecule has 3 heterocycles. The van der Waals surface area contributed by atoms with Crippen LogP contribution in [0.25, 0.3) is 21.3 Å². The Bertz CT molecular complexity index is 1030. The fraction of sp³-hybridized carbons (Fsp3) is 0.222. The third-order valence-electron chi connectivity index (χ3n) is 4.24. The van der Waals surface area contributed by atoms with Crippen LogP contribution >= 0.6 is 11.3 Å². The standard InChI is InChI=1S/C18H18N4O2S/c1-24-5-4-19-18(23)11-2-3-15-14(7-11)12(8-20-15)6-13-9-21-17-16(13)25-10-22-17/h2-3,7-10,20-21H,4-6H2,1H3,(H,19,23). The Balaban J connectivity index is 1.62. The molecule has 4 aromatic rings. The number of aromatic nitrogens is 3. The maximum Gasteiger partial charge on any atom is 0.251 e. The van der Waals surface area contributed by atoms with Gasteiger partial charge in [0.25, 0.3) is 5.91 Å². The molecule has 1 amide bonds. The van der Waals surface area contributed by atoms with E-state index < -0.39 is 0 Å². The molecule has 4 rings (SSSR count). The number of hydrogen-bond acceptors (Lipinski definition) is 4. The summed E-state index contributed by atoms with van der Waals surface area (Å²) in [6.07, 6.45) is 4.81. The number of rotatable bonds is 6. The topological polar surface area (TPSA) is 82.8 Å². The van der Waals surface area contributed by atoms with Crippen molar-refractivity contribution < 1.29 is 9.53 Å². The Morgan fingerprint density at radius 1 is 1.28 bits per heavy atom. The smallest absolute Gasteiger partial charge is 0.251 e. The number of carbonyl (C=O) groups is 1. The number of thiazole rings is 1. The SMILES string of the molecule is COCCNC(=O)c1ccc2[nH]cc(Cc3c[nH]c4ncsc34)c2c1. The fourth-order valence-corrected chi connectivity index (χ4v) is 3.74. The van der Waals surface area contributed by atoms with Crippen LogP contribution in [-0.2, 0) is 11.2 Å². The van der Waals surface area contributed by atoms with Crippen LogP contribution in [0.5, 0.6) is 0 Å². The molecule has 3 N–H and O–H groups in total. The minimum absolute atomic E-state index is 0.0856. The summed E-state index contributed by atoms with van der Waals surface area (Å²) in [5.41, 5.74) is 6.84. The van der Waals surface area contributed by atoms with Crippen LogP contribution in [0.4, 0.5) is 0 Å². The summed E-state index contributed by atoms with van der Waals surface area (Å²) in [6.45, 7) is 1.00. The first kappa shape index (κ1) is 15.9. The van der Waals surface area contributed by atoms with Gasteiger partial charge < -0.3 is 20.0 Å². The maximum atomic E-state index is 12.3. The number of H-pyrrole nitrogens is 2. The summed E-state index contributed by atoms with van der Waals surface area (Å²) in [5, 5.41) is 3.92. The lowest BCUT2D eigenvalue weighted by Crippen LogP contribution is -2.26. The molecule has 0 saturated carbocycles. The maximum absolute atomic E-state index is 12.3. The van der Waals surface area contributed by atoms with Crippen LogP contribution in [0.3, 0.4) is 0 Å². The van der Waals surface area contributed by atoms with Crippen molar-refractivity contribution in [2.24, 2.45) is 0 Å². The zero-order valence-corrected chi connectivity index (χ0v) is 14.6. The molecule has 1 aromatic carbocycles. The number of amides is 1. The highest BCUT2D eigenvalue weighted by Gasteiger charge is 2.12. The van der Waals surface area contributed by atoms with Crippen LogP contribution in [0.1, 0.15) is 21.5 Å². The lowest BCUT2D eigenvalue weighted by Gasteiger charge is -2.05. The number of fused-ring (bicyclic) bond motifs is 2. The van der Waals surface area contributed by atoms with Crippen LogP contribution in [0, 0.1) is 0 Å². The van der Waals surface area contributed by atoms with E-state index in [0.29, 0.717) is 18.7 Å². The van der Waals surface area contributed by atoms with E-state index in [2.05, 4.69) is 20.3 Å². The van der Waals surface area contributed by atoms with E-state index in [-0.39, 0.29) is 5.91 Å². The highest BCUT2D eigenvalue weighted by Crippen LogP contribution is 2.27. The van der Waals surface area contributed by atoms with Gasteiger partial charge in [-0.3, -0.25) is 4.79 Å². The van der Waals surface area contributed by atoms with Crippen LogP contribution in [0.15, 0.2) is 36.1 Å².